The van der Waals surface area contributed by atoms with Crippen molar-refractivity contribution in [2.24, 2.45) is 0 Å². The number of benzene rings is 1. The first-order valence-corrected chi connectivity index (χ1v) is 5.75. The number of rotatable bonds is 4. The first kappa shape index (κ1) is 12.6. The molecule has 0 N–H and O–H groups in total. The fourth-order valence-corrected chi connectivity index (χ4v) is 1.68. The summed E-state index contributed by atoms with van der Waals surface area (Å²) in [6.07, 6.45) is 0. The van der Waals surface area contributed by atoms with Crippen molar-refractivity contribution in [1.29, 1.82) is 0 Å². The Hall–Kier alpha value is -1.82. The molecule has 0 aliphatic heterocycles. The Morgan fingerprint density at radius 3 is 2.28 bits per heavy atom. The van der Waals surface area contributed by atoms with Crippen molar-refractivity contribution < 1.29 is 9.47 Å². The molecule has 1 atom stereocenters. The van der Waals surface area contributed by atoms with Gasteiger partial charge in [0, 0.05) is 18.2 Å². The molecule has 0 aliphatic rings. The van der Waals surface area contributed by atoms with Crippen molar-refractivity contribution in [3.05, 3.63) is 24.0 Å². The Morgan fingerprint density at radius 2 is 1.78 bits per heavy atom. The zero-order chi connectivity index (χ0) is 13.1. The van der Waals surface area contributed by atoms with E-state index in [4.69, 9.17) is 21.1 Å². The number of hydrogen-bond acceptors (Lipinski definition) is 5. The van der Waals surface area contributed by atoms with Gasteiger partial charge in [0.05, 0.1) is 25.3 Å². The van der Waals surface area contributed by atoms with Gasteiger partial charge in [-0.3, -0.25) is 0 Å². The molecule has 18 heavy (non-hydrogen) atoms. The number of hydrogen-bond donors (Lipinski definition) is 0. The highest BCUT2D eigenvalue weighted by Crippen LogP contribution is 2.26. The van der Waals surface area contributed by atoms with Gasteiger partial charge in [-0.15, -0.1) is 16.7 Å². The maximum Gasteiger partial charge on any atom is 0.174 e. The summed E-state index contributed by atoms with van der Waals surface area (Å²) in [5.74, 6) is 1.88. The predicted molar refractivity (Wildman–Crippen MR) is 66.5 cm³/mol. The van der Waals surface area contributed by atoms with E-state index < -0.39 is 0 Å². The molecule has 0 amide bonds. The molecule has 0 aliphatic carbocycles. The van der Waals surface area contributed by atoms with E-state index in [1.54, 1.807) is 31.9 Å². The van der Waals surface area contributed by atoms with Gasteiger partial charge in [0.25, 0.3) is 0 Å². The van der Waals surface area contributed by atoms with Gasteiger partial charge in [-0.1, -0.05) is 0 Å². The molecule has 6 nitrogen and oxygen atoms in total. The van der Waals surface area contributed by atoms with E-state index in [0.29, 0.717) is 17.3 Å². The summed E-state index contributed by atoms with van der Waals surface area (Å²) in [5.41, 5.74) is 0.735. The van der Waals surface area contributed by atoms with Crippen LogP contribution in [0.15, 0.2) is 18.2 Å². The van der Waals surface area contributed by atoms with Gasteiger partial charge < -0.3 is 9.47 Å². The quantitative estimate of drug-likeness (QED) is 0.794. The van der Waals surface area contributed by atoms with Crippen LogP contribution >= 0.6 is 11.6 Å². The summed E-state index contributed by atoms with van der Waals surface area (Å²) >= 11 is 6.02. The molecular weight excluding hydrogens is 256 g/mol. The topological polar surface area (TPSA) is 62.1 Å². The van der Waals surface area contributed by atoms with E-state index in [1.807, 2.05) is 12.1 Å². The molecule has 1 aromatic heterocycles. The molecule has 0 saturated carbocycles. The lowest BCUT2D eigenvalue weighted by Gasteiger charge is -2.10. The molecule has 1 unspecified atom stereocenters. The Kier molecular flexibility index (Phi) is 3.66. The molecule has 1 heterocycles. The largest absolute Gasteiger partial charge is 0.497 e. The Labute approximate surface area is 109 Å². The van der Waals surface area contributed by atoms with Gasteiger partial charge in [0.2, 0.25) is 0 Å². The second-order valence-corrected chi connectivity index (χ2v) is 4.29. The fourth-order valence-electron chi connectivity index (χ4n) is 1.54. The molecule has 0 bridgehead atoms. The van der Waals surface area contributed by atoms with Gasteiger partial charge >= 0.3 is 0 Å². The second-order valence-electron chi connectivity index (χ2n) is 3.64. The number of nitrogens with zero attached hydrogens (tertiary/aromatic N) is 4. The summed E-state index contributed by atoms with van der Waals surface area (Å²) in [5, 5.41) is 11.1. The second kappa shape index (κ2) is 5.22. The summed E-state index contributed by atoms with van der Waals surface area (Å²) in [6.45, 7) is 1.81. The van der Waals surface area contributed by atoms with Crippen LogP contribution in [0.2, 0.25) is 0 Å². The van der Waals surface area contributed by atoms with Crippen LogP contribution in [0.1, 0.15) is 18.1 Å². The van der Waals surface area contributed by atoms with Gasteiger partial charge in [0.15, 0.2) is 5.82 Å². The molecule has 7 heteroatoms. The van der Waals surface area contributed by atoms with Crippen LogP contribution in [0.4, 0.5) is 0 Å². The number of methoxy groups -OCH3 is 2. The van der Waals surface area contributed by atoms with Crippen LogP contribution in [0.5, 0.6) is 11.5 Å². The third kappa shape index (κ3) is 2.38. The first-order chi connectivity index (χ1) is 8.65. The maximum atomic E-state index is 6.02. The van der Waals surface area contributed by atoms with Crippen molar-refractivity contribution in [2.75, 3.05) is 14.2 Å². The standard InChI is InChI=1S/C11H13ClN4O2/c1-7(12)11-13-14-15-16(11)8-4-9(17-2)6-10(5-8)18-3/h4-7H,1-3H3. The molecular formula is C11H13ClN4O2. The summed E-state index contributed by atoms with van der Waals surface area (Å²) in [4.78, 5) is 0. The van der Waals surface area contributed by atoms with Crippen LogP contribution in [0.3, 0.4) is 0 Å². The fraction of sp³-hybridized carbons (Fsp3) is 0.364. The lowest BCUT2D eigenvalue weighted by atomic mass is 10.2. The van der Waals surface area contributed by atoms with E-state index in [1.165, 1.54) is 0 Å². The summed E-state index contributed by atoms with van der Waals surface area (Å²) in [7, 11) is 3.17. The van der Waals surface area contributed by atoms with E-state index in [-0.39, 0.29) is 5.38 Å². The average Bonchev–Trinajstić information content (AvgIpc) is 2.87. The van der Waals surface area contributed by atoms with Crippen LogP contribution in [-0.4, -0.2) is 34.4 Å². The summed E-state index contributed by atoms with van der Waals surface area (Å²) < 4.78 is 12.0. The summed E-state index contributed by atoms with van der Waals surface area (Å²) in [6, 6.07) is 5.39. The maximum absolute atomic E-state index is 6.02. The number of alkyl halides is 1. The normalized spacial score (nSPS) is 12.2. The monoisotopic (exact) mass is 268 g/mol. The minimum Gasteiger partial charge on any atom is -0.497 e. The average molecular weight is 269 g/mol. The van der Waals surface area contributed by atoms with Crippen molar-refractivity contribution in [2.45, 2.75) is 12.3 Å². The first-order valence-electron chi connectivity index (χ1n) is 5.31. The number of tetrazole rings is 1. The molecule has 0 radical (unpaired) electrons. The highest BCUT2D eigenvalue weighted by Gasteiger charge is 2.14. The van der Waals surface area contributed by atoms with E-state index in [9.17, 15) is 0 Å². The molecule has 2 aromatic rings. The molecule has 0 spiro atoms. The SMILES string of the molecule is COc1cc(OC)cc(-n2nnnc2C(C)Cl)c1. The predicted octanol–water partition coefficient (Wildman–Crippen LogP) is 1.98. The van der Waals surface area contributed by atoms with Crippen molar-refractivity contribution in [3.63, 3.8) is 0 Å². The molecule has 0 fully saturated rings. The van der Waals surface area contributed by atoms with Gasteiger partial charge in [0.1, 0.15) is 11.5 Å². The number of aromatic nitrogens is 4. The highest BCUT2D eigenvalue weighted by atomic mass is 35.5. The van der Waals surface area contributed by atoms with Crippen molar-refractivity contribution in [3.8, 4) is 17.2 Å². The van der Waals surface area contributed by atoms with Gasteiger partial charge in [-0.05, 0) is 17.4 Å². The number of ether oxygens (including phenoxy) is 2. The zero-order valence-corrected chi connectivity index (χ0v) is 11.0. The third-order valence-corrected chi connectivity index (χ3v) is 2.63. The minimum atomic E-state index is -0.294. The van der Waals surface area contributed by atoms with Crippen LogP contribution in [0, 0.1) is 0 Å². The minimum absolute atomic E-state index is 0.294. The Balaban J connectivity index is 2.52. The van der Waals surface area contributed by atoms with Gasteiger partial charge in [-0.2, -0.15) is 4.68 Å². The van der Waals surface area contributed by atoms with Crippen molar-refractivity contribution >= 4 is 11.6 Å². The molecule has 0 saturated heterocycles. The van der Waals surface area contributed by atoms with Crippen molar-refractivity contribution in [1.82, 2.24) is 20.2 Å². The van der Waals surface area contributed by atoms with E-state index in [0.717, 1.165) is 5.69 Å². The van der Waals surface area contributed by atoms with E-state index >= 15 is 0 Å². The molecule has 2 rings (SSSR count). The lowest BCUT2D eigenvalue weighted by Crippen LogP contribution is -2.04. The van der Waals surface area contributed by atoms with Crippen LogP contribution in [0.25, 0.3) is 5.69 Å². The molecule has 96 valence electrons. The highest BCUT2D eigenvalue weighted by molar-refractivity contribution is 6.20. The zero-order valence-electron chi connectivity index (χ0n) is 10.3. The van der Waals surface area contributed by atoms with Crippen LogP contribution in [-0.2, 0) is 0 Å². The third-order valence-electron chi connectivity index (χ3n) is 2.43. The molecule has 1 aromatic carbocycles. The van der Waals surface area contributed by atoms with E-state index in [2.05, 4.69) is 15.5 Å². The van der Waals surface area contributed by atoms with Crippen LogP contribution < -0.4 is 9.47 Å². The Morgan fingerprint density at radius 1 is 1.17 bits per heavy atom. The smallest absolute Gasteiger partial charge is 0.174 e. The van der Waals surface area contributed by atoms with Gasteiger partial charge in [-0.25, -0.2) is 0 Å². The lowest BCUT2D eigenvalue weighted by molar-refractivity contribution is 0.393. The Bertz CT molecular complexity index is 519. The number of halogens is 1.